The van der Waals surface area contributed by atoms with E-state index >= 15 is 0 Å². The number of ether oxygens (including phenoxy) is 1. The van der Waals surface area contributed by atoms with Crippen molar-refractivity contribution in [3.8, 4) is 0 Å². The van der Waals surface area contributed by atoms with Crippen molar-refractivity contribution in [2.45, 2.75) is 58.7 Å². The topological polar surface area (TPSA) is 41.6 Å². The van der Waals surface area contributed by atoms with Crippen LogP contribution in [-0.2, 0) is 4.74 Å². The fraction of sp³-hybridized carbons (Fsp3) is 0.588. The van der Waals surface area contributed by atoms with Crippen LogP contribution in [0, 0.1) is 6.92 Å². The summed E-state index contributed by atoms with van der Waals surface area (Å²) in [6.45, 7) is 8.88. The van der Waals surface area contributed by atoms with Gasteiger partial charge >= 0.3 is 6.03 Å². The zero-order valence-electron chi connectivity index (χ0n) is 13.5. The number of rotatable bonds is 4. The van der Waals surface area contributed by atoms with Crippen LogP contribution in [0.5, 0.6) is 0 Å². The molecule has 1 unspecified atom stereocenters. The second-order valence-electron chi connectivity index (χ2n) is 5.64. The van der Waals surface area contributed by atoms with Crippen molar-refractivity contribution in [3.63, 3.8) is 0 Å². The Labute approximate surface area is 127 Å². The van der Waals surface area contributed by atoms with E-state index in [2.05, 4.69) is 26.1 Å². The number of nitrogens with zero attached hydrogens (tertiary/aromatic N) is 1. The highest BCUT2D eigenvalue weighted by molar-refractivity contribution is 5.91. The van der Waals surface area contributed by atoms with Gasteiger partial charge in [-0.05, 0) is 37.8 Å². The number of urea groups is 1. The highest BCUT2D eigenvalue weighted by Gasteiger charge is 2.47. The maximum Gasteiger partial charge on any atom is 0.324 e. The molecule has 1 aromatic carbocycles. The van der Waals surface area contributed by atoms with E-state index in [1.807, 2.05) is 36.1 Å². The minimum atomic E-state index is -0.465. The van der Waals surface area contributed by atoms with Gasteiger partial charge in [0.1, 0.15) is 5.72 Å². The van der Waals surface area contributed by atoms with E-state index in [9.17, 15) is 4.79 Å². The molecule has 1 fully saturated rings. The Kier molecular flexibility index (Phi) is 4.88. The minimum Gasteiger partial charge on any atom is -0.353 e. The van der Waals surface area contributed by atoms with Gasteiger partial charge < -0.3 is 10.1 Å². The molecular weight excluding hydrogens is 264 g/mol. The molecule has 4 nitrogen and oxygen atoms in total. The second kappa shape index (κ2) is 6.48. The van der Waals surface area contributed by atoms with Crippen molar-refractivity contribution in [1.29, 1.82) is 0 Å². The Morgan fingerprint density at radius 2 is 2.00 bits per heavy atom. The molecule has 2 rings (SSSR count). The van der Waals surface area contributed by atoms with E-state index in [0.717, 1.165) is 30.5 Å². The van der Waals surface area contributed by atoms with Crippen LogP contribution in [0.2, 0.25) is 0 Å². The Morgan fingerprint density at radius 1 is 1.33 bits per heavy atom. The number of hydrogen-bond acceptors (Lipinski definition) is 2. The summed E-state index contributed by atoms with van der Waals surface area (Å²) in [7, 11) is 0. The van der Waals surface area contributed by atoms with E-state index in [1.165, 1.54) is 0 Å². The molecular formula is C17H26N2O2. The molecule has 116 valence electrons. The molecule has 1 heterocycles. The molecule has 1 aliphatic heterocycles. The lowest BCUT2D eigenvalue weighted by Crippen LogP contribution is -2.52. The molecule has 1 N–H and O–H groups in total. The molecule has 21 heavy (non-hydrogen) atoms. The number of benzene rings is 1. The zero-order valence-corrected chi connectivity index (χ0v) is 13.5. The Morgan fingerprint density at radius 3 is 2.57 bits per heavy atom. The Hall–Kier alpha value is -1.55. The number of nitrogens with one attached hydrogen (secondary N) is 1. The average molecular weight is 290 g/mol. The summed E-state index contributed by atoms with van der Waals surface area (Å²) in [6.07, 6.45) is 2.52. The van der Waals surface area contributed by atoms with Crippen LogP contribution in [0.25, 0.3) is 0 Å². The summed E-state index contributed by atoms with van der Waals surface area (Å²) in [6, 6.07) is 7.94. The molecule has 4 heteroatoms. The maximum atomic E-state index is 12.8. The van der Waals surface area contributed by atoms with Crippen LogP contribution >= 0.6 is 0 Å². The van der Waals surface area contributed by atoms with Gasteiger partial charge in [-0.1, -0.05) is 39.0 Å². The molecule has 0 bridgehead atoms. The van der Waals surface area contributed by atoms with Gasteiger partial charge in [0.25, 0.3) is 0 Å². The normalized spacial score (nSPS) is 20.6. The molecule has 1 saturated heterocycles. The number of para-hydroxylation sites is 1. The summed E-state index contributed by atoms with van der Waals surface area (Å²) in [5.74, 6) is 0. The van der Waals surface area contributed by atoms with Crippen molar-refractivity contribution in [3.05, 3.63) is 29.8 Å². The molecule has 0 spiro atoms. The van der Waals surface area contributed by atoms with Gasteiger partial charge in [0.15, 0.2) is 0 Å². The molecule has 2 amide bonds. The summed E-state index contributed by atoms with van der Waals surface area (Å²) in [5, 5.41) is 3.05. The lowest BCUT2D eigenvalue weighted by molar-refractivity contribution is -0.0684. The predicted molar refractivity (Wildman–Crippen MR) is 85.4 cm³/mol. The summed E-state index contributed by atoms with van der Waals surface area (Å²) >= 11 is 0. The summed E-state index contributed by atoms with van der Waals surface area (Å²) in [5.41, 5.74) is 1.47. The third kappa shape index (κ3) is 2.91. The molecule has 1 aliphatic rings. The fourth-order valence-corrected chi connectivity index (χ4v) is 3.06. The van der Waals surface area contributed by atoms with E-state index in [-0.39, 0.29) is 12.1 Å². The minimum absolute atomic E-state index is 0.0580. The second-order valence-corrected chi connectivity index (χ2v) is 5.64. The average Bonchev–Trinajstić information content (AvgIpc) is 2.88. The van der Waals surface area contributed by atoms with Crippen molar-refractivity contribution >= 4 is 11.7 Å². The molecule has 0 aromatic heterocycles. The first-order valence-corrected chi connectivity index (χ1v) is 7.87. The largest absolute Gasteiger partial charge is 0.353 e. The van der Waals surface area contributed by atoms with Gasteiger partial charge in [-0.25, -0.2) is 4.79 Å². The number of hydrogen-bond donors (Lipinski definition) is 1. The number of carbonyl (C=O) groups excluding carboxylic acids is 1. The smallest absolute Gasteiger partial charge is 0.324 e. The molecule has 1 atom stereocenters. The van der Waals surface area contributed by atoms with Crippen LogP contribution in [0.1, 0.15) is 45.6 Å². The summed E-state index contributed by atoms with van der Waals surface area (Å²) < 4.78 is 6.01. The van der Waals surface area contributed by atoms with Crippen LogP contribution < -0.4 is 5.32 Å². The van der Waals surface area contributed by atoms with Gasteiger partial charge in [0.2, 0.25) is 0 Å². The van der Waals surface area contributed by atoms with E-state index in [0.29, 0.717) is 6.61 Å². The van der Waals surface area contributed by atoms with E-state index < -0.39 is 5.72 Å². The SMILES string of the molecule is CCC1COC(CC)(CC)N1C(=O)Nc1ccccc1C. The highest BCUT2D eigenvalue weighted by atomic mass is 16.5. The Bertz CT molecular complexity index is 497. The fourth-order valence-electron chi connectivity index (χ4n) is 3.06. The monoisotopic (exact) mass is 290 g/mol. The number of aryl methyl sites for hydroxylation is 1. The van der Waals surface area contributed by atoms with Crippen LogP contribution in [0.15, 0.2) is 24.3 Å². The maximum absolute atomic E-state index is 12.8. The molecule has 1 aromatic rings. The van der Waals surface area contributed by atoms with Gasteiger partial charge in [0.05, 0.1) is 12.6 Å². The number of carbonyl (C=O) groups is 1. The van der Waals surface area contributed by atoms with Crippen molar-refractivity contribution in [2.24, 2.45) is 0 Å². The van der Waals surface area contributed by atoms with Crippen molar-refractivity contribution in [2.75, 3.05) is 11.9 Å². The van der Waals surface area contributed by atoms with Gasteiger partial charge in [-0.2, -0.15) is 0 Å². The van der Waals surface area contributed by atoms with Crippen LogP contribution in [0.4, 0.5) is 10.5 Å². The third-order valence-electron chi connectivity index (χ3n) is 4.53. The van der Waals surface area contributed by atoms with Gasteiger partial charge in [0, 0.05) is 5.69 Å². The highest BCUT2D eigenvalue weighted by Crippen LogP contribution is 2.35. The standard InChI is InChI=1S/C17H26N2O2/c1-5-14-12-21-17(6-2,7-3)19(14)16(20)18-15-11-9-8-10-13(15)4/h8-11,14H,5-7,12H2,1-4H3,(H,18,20). The molecule has 0 radical (unpaired) electrons. The number of anilines is 1. The van der Waals surface area contributed by atoms with Crippen LogP contribution in [0.3, 0.4) is 0 Å². The number of amides is 2. The first kappa shape index (κ1) is 15.8. The van der Waals surface area contributed by atoms with Crippen LogP contribution in [-0.4, -0.2) is 29.3 Å². The lowest BCUT2D eigenvalue weighted by atomic mass is 10.0. The summed E-state index contributed by atoms with van der Waals surface area (Å²) in [4.78, 5) is 14.7. The van der Waals surface area contributed by atoms with E-state index in [4.69, 9.17) is 4.74 Å². The first-order valence-electron chi connectivity index (χ1n) is 7.87. The molecule has 0 aliphatic carbocycles. The van der Waals surface area contributed by atoms with Gasteiger partial charge in [-0.15, -0.1) is 0 Å². The first-order chi connectivity index (χ1) is 10.1. The van der Waals surface area contributed by atoms with Crippen molar-refractivity contribution in [1.82, 2.24) is 4.90 Å². The quantitative estimate of drug-likeness (QED) is 0.905. The lowest BCUT2D eigenvalue weighted by Gasteiger charge is -2.38. The predicted octanol–water partition coefficient (Wildman–Crippen LogP) is 4.15. The third-order valence-corrected chi connectivity index (χ3v) is 4.53. The molecule has 0 saturated carbocycles. The van der Waals surface area contributed by atoms with E-state index in [1.54, 1.807) is 0 Å². The zero-order chi connectivity index (χ0) is 15.5. The van der Waals surface area contributed by atoms with Gasteiger partial charge in [-0.3, -0.25) is 4.90 Å². The Balaban J connectivity index is 2.24. The van der Waals surface area contributed by atoms with Crippen molar-refractivity contribution < 1.29 is 9.53 Å².